The Labute approximate surface area is 182 Å². The molecule has 1 atom stereocenters. The SMILES string of the molecule is COc1ccc(OC)c([C@@H](C)NC(=O)C2CCN(S(=O)(=O)c3ccc(F)cc3)CC2)c1. The van der Waals surface area contributed by atoms with Gasteiger partial charge in [0.05, 0.1) is 25.2 Å². The van der Waals surface area contributed by atoms with Gasteiger partial charge in [-0.1, -0.05) is 0 Å². The summed E-state index contributed by atoms with van der Waals surface area (Å²) in [5.74, 6) is 0.399. The van der Waals surface area contributed by atoms with Gasteiger partial charge < -0.3 is 14.8 Å². The van der Waals surface area contributed by atoms with Crippen LogP contribution >= 0.6 is 0 Å². The third-order valence-corrected chi connectivity index (χ3v) is 7.45. The molecule has 0 bridgehead atoms. The first kappa shape index (κ1) is 23.0. The number of benzene rings is 2. The van der Waals surface area contributed by atoms with Crippen molar-refractivity contribution >= 4 is 15.9 Å². The molecule has 1 aliphatic heterocycles. The van der Waals surface area contributed by atoms with Gasteiger partial charge in [0, 0.05) is 24.6 Å². The zero-order valence-electron chi connectivity index (χ0n) is 17.8. The van der Waals surface area contributed by atoms with Crippen LogP contribution in [0.3, 0.4) is 0 Å². The van der Waals surface area contributed by atoms with Crippen molar-refractivity contribution in [2.75, 3.05) is 27.3 Å². The maximum atomic E-state index is 13.1. The van der Waals surface area contributed by atoms with Crippen molar-refractivity contribution in [1.29, 1.82) is 0 Å². The Kier molecular flexibility index (Phi) is 7.17. The average Bonchev–Trinajstić information content (AvgIpc) is 2.78. The molecule has 2 aromatic rings. The van der Waals surface area contributed by atoms with E-state index in [1.54, 1.807) is 26.4 Å². The van der Waals surface area contributed by atoms with Crippen molar-refractivity contribution in [3.8, 4) is 11.5 Å². The van der Waals surface area contributed by atoms with Crippen molar-refractivity contribution in [1.82, 2.24) is 9.62 Å². The van der Waals surface area contributed by atoms with Crippen LogP contribution in [-0.4, -0.2) is 45.9 Å². The lowest BCUT2D eigenvalue weighted by molar-refractivity contribution is -0.126. The van der Waals surface area contributed by atoms with Crippen LogP contribution in [-0.2, 0) is 14.8 Å². The maximum Gasteiger partial charge on any atom is 0.243 e. The predicted octanol–water partition coefficient (Wildman–Crippen LogP) is 3.12. The maximum absolute atomic E-state index is 13.1. The van der Waals surface area contributed by atoms with Gasteiger partial charge in [0.15, 0.2) is 0 Å². The quantitative estimate of drug-likeness (QED) is 0.701. The molecule has 0 aliphatic carbocycles. The molecule has 3 rings (SSSR count). The third-order valence-electron chi connectivity index (χ3n) is 5.54. The number of hydrogen-bond acceptors (Lipinski definition) is 5. The second-order valence-corrected chi connectivity index (χ2v) is 9.41. The van der Waals surface area contributed by atoms with Gasteiger partial charge in [-0.25, -0.2) is 12.8 Å². The lowest BCUT2D eigenvalue weighted by atomic mass is 9.96. The van der Waals surface area contributed by atoms with E-state index in [1.165, 1.54) is 16.4 Å². The van der Waals surface area contributed by atoms with Gasteiger partial charge >= 0.3 is 0 Å². The van der Waals surface area contributed by atoms with Crippen LogP contribution in [0, 0.1) is 11.7 Å². The number of nitrogens with zero attached hydrogens (tertiary/aromatic N) is 1. The largest absolute Gasteiger partial charge is 0.497 e. The zero-order chi connectivity index (χ0) is 22.6. The molecular weight excluding hydrogens is 423 g/mol. The summed E-state index contributed by atoms with van der Waals surface area (Å²) in [5, 5.41) is 3.00. The monoisotopic (exact) mass is 450 g/mol. The highest BCUT2D eigenvalue weighted by Crippen LogP contribution is 2.30. The van der Waals surface area contributed by atoms with Gasteiger partial charge in [0.1, 0.15) is 17.3 Å². The van der Waals surface area contributed by atoms with Crippen molar-refractivity contribution in [3.05, 3.63) is 53.8 Å². The molecule has 0 spiro atoms. The van der Waals surface area contributed by atoms with E-state index in [2.05, 4.69) is 5.32 Å². The Hall–Kier alpha value is -2.65. The van der Waals surface area contributed by atoms with Crippen LogP contribution in [0.5, 0.6) is 11.5 Å². The first-order valence-electron chi connectivity index (χ1n) is 10.0. The molecule has 1 aliphatic rings. The number of rotatable bonds is 7. The number of piperidine rings is 1. The van der Waals surface area contributed by atoms with Gasteiger partial charge in [0.25, 0.3) is 0 Å². The molecule has 0 unspecified atom stereocenters. The van der Waals surface area contributed by atoms with Crippen LogP contribution < -0.4 is 14.8 Å². The Morgan fingerprint density at radius 1 is 1.10 bits per heavy atom. The smallest absolute Gasteiger partial charge is 0.243 e. The normalized spacial score (nSPS) is 16.5. The van der Waals surface area contributed by atoms with Crippen molar-refractivity contribution < 1.29 is 27.1 Å². The fourth-order valence-electron chi connectivity index (χ4n) is 3.70. The second-order valence-electron chi connectivity index (χ2n) is 7.47. The standard InChI is InChI=1S/C22H27FN2O5S/c1-15(20-14-18(29-2)6-9-21(20)30-3)24-22(26)16-10-12-25(13-11-16)31(27,28)19-7-4-17(23)5-8-19/h4-9,14-16H,10-13H2,1-3H3,(H,24,26)/t15-/m1/s1. The highest BCUT2D eigenvalue weighted by molar-refractivity contribution is 7.89. The van der Waals surface area contributed by atoms with Crippen molar-refractivity contribution in [2.45, 2.75) is 30.7 Å². The number of methoxy groups -OCH3 is 2. The molecule has 2 aromatic carbocycles. The fraction of sp³-hybridized carbons (Fsp3) is 0.409. The van der Waals surface area contributed by atoms with Gasteiger partial charge in [-0.3, -0.25) is 4.79 Å². The van der Waals surface area contributed by atoms with E-state index in [0.717, 1.165) is 17.7 Å². The molecule has 1 N–H and O–H groups in total. The molecule has 1 heterocycles. The molecule has 0 radical (unpaired) electrons. The molecule has 1 fully saturated rings. The summed E-state index contributed by atoms with van der Waals surface area (Å²) in [5.41, 5.74) is 0.798. The topological polar surface area (TPSA) is 84.9 Å². The van der Waals surface area contributed by atoms with E-state index in [0.29, 0.717) is 24.3 Å². The number of carbonyl (C=O) groups is 1. The summed E-state index contributed by atoms with van der Waals surface area (Å²) in [6.45, 7) is 2.33. The fourth-order valence-corrected chi connectivity index (χ4v) is 5.17. The van der Waals surface area contributed by atoms with E-state index < -0.39 is 15.8 Å². The van der Waals surface area contributed by atoms with E-state index >= 15 is 0 Å². The Morgan fingerprint density at radius 2 is 1.74 bits per heavy atom. The molecule has 168 valence electrons. The number of amides is 1. The van der Waals surface area contributed by atoms with Gasteiger partial charge in [-0.05, 0) is 62.2 Å². The number of sulfonamides is 1. The average molecular weight is 451 g/mol. The second kappa shape index (κ2) is 9.65. The van der Waals surface area contributed by atoms with Crippen LogP contribution in [0.25, 0.3) is 0 Å². The third kappa shape index (κ3) is 5.16. The van der Waals surface area contributed by atoms with Gasteiger partial charge in [-0.15, -0.1) is 0 Å². The molecule has 0 aromatic heterocycles. The molecule has 9 heteroatoms. The lowest BCUT2D eigenvalue weighted by Gasteiger charge is -2.31. The van der Waals surface area contributed by atoms with E-state index in [9.17, 15) is 17.6 Å². The Bertz CT molecular complexity index is 1020. The van der Waals surface area contributed by atoms with E-state index in [4.69, 9.17) is 9.47 Å². The zero-order valence-corrected chi connectivity index (χ0v) is 18.6. The molecule has 31 heavy (non-hydrogen) atoms. The van der Waals surface area contributed by atoms with Gasteiger partial charge in [-0.2, -0.15) is 4.31 Å². The first-order valence-corrected chi connectivity index (χ1v) is 11.5. The van der Waals surface area contributed by atoms with Crippen molar-refractivity contribution in [3.63, 3.8) is 0 Å². The van der Waals surface area contributed by atoms with Crippen LogP contribution in [0.4, 0.5) is 4.39 Å². The number of halogens is 1. The van der Waals surface area contributed by atoms with E-state index in [1.807, 2.05) is 13.0 Å². The van der Waals surface area contributed by atoms with Crippen LogP contribution in [0.15, 0.2) is 47.4 Å². The number of carbonyl (C=O) groups excluding carboxylic acids is 1. The Morgan fingerprint density at radius 3 is 2.32 bits per heavy atom. The summed E-state index contributed by atoms with van der Waals surface area (Å²) < 4.78 is 50.6. The minimum absolute atomic E-state index is 0.0514. The first-order chi connectivity index (χ1) is 14.8. The number of ether oxygens (including phenoxy) is 2. The number of nitrogens with one attached hydrogen (secondary N) is 1. The predicted molar refractivity (Wildman–Crippen MR) is 114 cm³/mol. The highest BCUT2D eigenvalue weighted by atomic mass is 32.2. The van der Waals surface area contributed by atoms with Crippen LogP contribution in [0.2, 0.25) is 0 Å². The summed E-state index contributed by atoms with van der Waals surface area (Å²) >= 11 is 0. The van der Waals surface area contributed by atoms with E-state index in [-0.39, 0.29) is 35.9 Å². The van der Waals surface area contributed by atoms with Gasteiger partial charge in [0.2, 0.25) is 15.9 Å². The summed E-state index contributed by atoms with van der Waals surface area (Å²) in [6, 6.07) is 9.85. The number of hydrogen-bond donors (Lipinski definition) is 1. The van der Waals surface area contributed by atoms with Crippen molar-refractivity contribution in [2.24, 2.45) is 5.92 Å². The molecule has 1 saturated heterocycles. The molecule has 7 nitrogen and oxygen atoms in total. The minimum atomic E-state index is -3.71. The summed E-state index contributed by atoms with van der Waals surface area (Å²) in [4.78, 5) is 12.9. The molecular formula is C22H27FN2O5S. The molecule has 0 saturated carbocycles. The van der Waals surface area contributed by atoms with Crippen LogP contribution in [0.1, 0.15) is 31.4 Å². The summed E-state index contributed by atoms with van der Waals surface area (Å²) in [6.07, 6.45) is 0.822. The highest BCUT2D eigenvalue weighted by Gasteiger charge is 2.32. The lowest BCUT2D eigenvalue weighted by Crippen LogP contribution is -2.43. The Balaban J connectivity index is 1.62. The molecule has 1 amide bonds. The summed E-state index contributed by atoms with van der Waals surface area (Å²) in [7, 11) is -0.568. The minimum Gasteiger partial charge on any atom is -0.497 e.